The van der Waals surface area contributed by atoms with Crippen molar-refractivity contribution in [2.75, 3.05) is 21.3 Å². The van der Waals surface area contributed by atoms with Gasteiger partial charge in [0.1, 0.15) is 22.8 Å². The molecule has 0 fully saturated rings. The van der Waals surface area contributed by atoms with Crippen LogP contribution in [0, 0.1) is 5.82 Å². The number of rotatable bonds is 14. The maximum Gasteiger partial charge on any atom is 0.341 e. The van der Waals surface area contributed by atoms with E-state index < -0.39 is 35.6 Å². The van der Waals surface area contributed by atoms with Crippen molar-refractivity contribution in [2.45, 2.75) is 45.4 Å². The van der Waals surface area contributed by atoms with E-state index in [-0.39, 0.29) is 31.0 Å². The number of esters is 2. The van der Waals surface area contributed by atoms with Gasteiger partial charge in [-0.2, -0.15) is 0 Å². The molecule has 3 aromatic carbocycles. The minimum Gasteiger partial charge on any atom is -0.496 e. The first-order chi connectivity index (χ1) is 23.5. The number of hydrogen-bond acceptors (Lipinski definition) is 8. The predicted molar refractivity (Wildman–Crippen MR) is 182 cm³/mol. The Morgan fingerprint density at radius 1 is 0.878 bits per heavy atom. The van der Waals surface area contributed by atoms with Crippen LogP contribution in [0.4, 0.5) is 4.39 Å². The number of halogens is 1. The number of methoxy groups -OCH3 is 3. The quantitative estimate of drug-likeness (QED) is 0.120. The molecule has 1 amide bonds. The van der Waals surface area contributed by atoms with Gasteiger partial charge in [0.05, 0.1) is 39.5 Å². The van der Waals surface area contributed by atoms with E-state index >= 15 is 0 Å². The van der Waals surface area contributed by atoms with Gasteiger partial charge in [0.25, 0.3) is 5.91 Å². The van der Waals surface area contributed by atoms with Gasteiger partial charge in [0.15, 0.2) is 5.78 Å². The highest BCUT2D eigenvalue weighted by molar-refractivity contribution is 6.07. The highest BCUT2D eigenvalue weighted by Gasteiger charge is 2.29. The van der Waals surface area contributed by atoms with Crippen LogP contribution < -0.4 is 10.1 Å². The minimum absolute atomic E-state index is 0.0535. The molecule has 0 saturated carbocycles. The summed E-state index contributed by atoms with van der Waals surface area (Å²) in [6.45, 7) is 3.84. The molecule has 2 N–H and O–H groups in total. The maximum absolute atomic E-state index is 14.3. The molecule has 10 nitrogen and oxygen atoms in total. The van der Waals surface area contributed by atoms with E-state index in [9.17, 15) is 28.7 Å². The Bertz CT molecular complexity index is 1850. The zero-order valence-corrected chi connectivity index (χ0v) is 28.0. The summed E-state index contributed by atoms with van der Waals surface area (Å²) >= 11 is 0. The van der Waals surface area contributed by atoms with E-state index in [1.54, 1.807) is 41.0 Å². The third-order valence-corrected chi connectivity index (χ3v) is 7.79. The fourth-order valence-electron chi connectivity index (χ4n) is 5.55. The number of aromatic nitrogens is 1. The largest absolute Gasteiger partial charge is 0.496 e. The zero-order chi connectivity index (χ0) is 35.7. The summed E-state index contributed by atoms with van der Waals surface area (Å²) in [6, 6.07) is 19.7. The van der Waals surface area contributed by atoms with Gasteiger partial charge in [-0.3, -0.25) is 14.4 Å². The van der Waals surface area contributed by atoms with Crippen LogP contribution >= 0.6 is 0 Å². The average molecular weight is 671 g/mol. The molecule has 11 heteroatoms. The number of allylic oxidation sites excluding steroid dienone is 1. The fourth-order valence-corrected chi connectivity index (χ4v) is 5.55. The number of nitrogens with one attached hydrogen (secondary N) is 1. The van der Waals surface area contributed by atoms with E-state index in [1.807, 2.05) is 44.2 Å². The molecule has 0 bridgehead atoms. The summed E-state index contributed by atoms with van der Waals surface area (Å²) in [5.74, 6) is -2.23. The van der Waals surface area contributed by atoms with Gasteiger partial charge >= 0.3 is 11.9 Å². The first kappa shape index (κ1) is 36.3. The van der Waals surface area contributed by atoms with Crippen molar-refractivity contribution in [1.82, 2.24) is 9.88 Å². The summed E-state index contributed by atoms with van der Waals surface area (Å²) in [5.41, 5.74) is 4.07. The molecule has 0 spiro atoms. The first-order valence-corrected chi connectivity index (χ1v) is 15.6. The molecule has 1 atom stereocenters. The summed E-state index contributed by atoms with van der Waals surface area (Å²) in [6.07, 6.45) is 0.966. The minimum atomic E-state index is -1.24. The van der Waals surface area contributed by atoms with Gasteiger partial charge in [-0.1, -0.05) is 48.5 Å². The predicted octanol–water partition coefficient (Wildman–Crippen LogP) is 6.16. The van der Waals surface area contributed by atoms with E-state index in [2.05, 4.69) is 10.1 Å². The van der Waals surface area contributed by atoms with Gasteiger partial charge in [0.2, 0.25) is 0 Å². The number of hydrogen-bond donors (Lipinski definition) is 2. The maximum atomic E-state index is 14.3. The van der Waals surface area contributed by atoms with E-state index in [1.165, 1.54) is 39.5 Å². The molecular weight excluding hydrogens is 631 g/mol. The molecule has 256 valence electrons. The molecule has 0 aliphatic rings. The summed E-state index contributed by atoms with van der Waals surface area (Å²) < 4.78 is 30.7. The summed E-state index contributed by atoms with van der Waals surface area (Å²) in [4.78, 5) is 51.3. The second kappa shape index (κ2) is 16.5. The van der Waals surface area contributed by atoms with Crippen molar-refractivity contribution in [3.05, 3.63) is 107 Å². The molecule has 49 heavy (non-hydrogen) atoms. The number of ether oxygens (including phenoxy) is 3. The highest BCUT2D eigenvalue weighted by atomic mass is 19.1. The Morgan fingerprint density at radius 2 is 1.55 bits per heavy atom. The van der Waals surface area contributed by atoms with Crippen LogP contribution in [-0.4, -0.2) is 60.7 Å². The fraction of sp³-hybridized carbons (Fsp3) is 0.263. The van der Waals surface area contributed by atoms with Crippen LogP contribution in [-0.2, 0) is 25.6 Å². The number of carbonyl (C=O) groups excluding carboxylic acids is 4. The SMILES string of the molecule is COC(=O)C[C@H](O)CC(=O)/C=C/c1c(-c2ccc(F)cc2)c(-c2ccccc2)c(C(=O)NCc2ccc(OC)c(C(=O)OC)c2)n1C(C)C. The number of carbonyl (C=O) groups is 4. The van der Waals surface area contributed by atoms with Crippen molar-refractivity contribution in [1.29, 1.82) is 0 Å². The lowest BCUT2D eigenvalue weighted by atomic mass is 9.94. The topological polar surface area (TPSA) is 133 Å². The molecular formula is C38H39FN2O8. The van der Waals surface area contributed by atoms with Gasteiger partial charge in [-0.15, -0.1) is 0 Å². The molecule has 0 aliphatic heterocycles. The summed E-state index contributed by atoms with van der Waals surface area (Å²) in [7, 11) is 3.91. The van der Waals surface area contributed by atoms with Gasteiger partial charge in [0, 0.05) is 30.1 Å². The molecule has 4 rings (SSSR count). The van der Waals surface area contributed by atoms with Crippen molar-refractivity contribution in [2.24, 2.45) is 0 Å². The molecule has 0 saturated heterocycles. The van der Waals surface area contributed by atoms with E-state index in [0.29, 0.717) is 45.0 Å². The monoisotopic (exact) mass is 670 g/mol. The lowest BCUT2D eigenvalue weighted by Gasteiger charge is -2.17. The number of aliphatic hydroxyl groups is 1. The molecule has 4 aromatic rings. The Labute approximate surface area is 284 Å². The van der Waals surface area contributed by atoms with Crippen LogP contribution in [0.25, 0.3) is 28.3 Å². The van der Waals surface area contributed by atoms with Gasteiger partial charge in [-0.05, 0) is 67.0 Å². The van der Waals surface area contributed by atoms with Crippen molar-refractivity contribution in [3.8, 4) is 28.0 Å². The summed E-state index contributed by atoms with van der Waals surface area (Å²) in [5, 5.41) is 13.2. The molecule has 1 heterocycles. The molecule has 0 aliphatic carbocycles. The van der Waals surface area contributed by atoms with Gasteiger partial charge in [-0.25, -0.2) is 9.18 Å². The average Bonchev–Trinajstić information content (AvgIpc) is 3.45. The Kier molecular flexibility index (Phi) is 12.2. The second-order valence-electron chi connectivity index (χ2n) is 11.5. The van der Waals surface area contributed by atoms with E-state index in [4.69, 9.17) is 9.47 Å². The van der Waals surface area contributed by atoms with Crippen LogP contribution in [0.5, 0.6) is 5.75 Å². The molecule has 0 unspecified atom stereocenters. The third kappa shape index (κ3) is 8.68. The normalized spacial score (nSPS) is 11.8. The van der Waals surface area contributed by atoms with Crippen molar-refractivity contribution >= 4 is 29.7 Å². The molecule has 1 aromatic heterocycles. The number of ketones is 1. The van der Waals surface area contributed by atoms with Crippen molar-refractivity contribution < 1.29 is 42.9 Å². The van der Waals surface area contributed by atoms with Gasteiger partial charge < -0.3 is 29.2 Å². The molecule has 0 radical (unpaired) electrons. The second-order valence-corrected chi connectivity index (χ2v) is 11.5. The zero-order valence-electron chi connectivity index (χ0n) is 28.0. The Hall–Kier alpha value is -5.55. The number of benzene rings is 3. The number of amides is 1. The smallest absolute Gasteiger partial charge is 0.341 e. The Balaban J connectivity index is 1.87. The standard InChI is InChI=1S/C38H39FN2O8/c1-23(2)41-31(17-16-28(42)20-29(43)21-33(44)48-4)34(26-12-14-27(39)15-13-26)35(25-9-7-6-8-10-25)36(41)37(45)40-22-24-11-18-32(47-3)30(19-24)38(46)49-5/h6-19,23,29,43H,20-22H2,1-5H3,(H,40,45)/b17-16+/t29-/m1/s1. The van der Waals surface area contributed by atoms with E-state index in [0.717, 1.165) is 0 Å². The third-order valence-electron chi connectivity index (χ3n) is 7.79. The lowest BCUT2D eigenvalue weighted by molar-refractivity contribution is -0.143. The number of aliphatic hydroxyl groups excluding tert-OH is 1. The number of nitrogens with zero attached hydrogens (tertiary/aromatic N) is 1. The lowest BCUT2D eigenvalue weighted by Crippen LogP contribution is -2.27. The highest BCUT2D eigenvalue weighted by Crippen LogP contribution is 2.42. The Morgan fingerprint density at radius 3 is 2.16 bits per heavy atom. The first-order valence-electron chi connectivity index (χ1n) is 15.6. The van der Waals surface area contributed by atoms with Crippen LogP contribution in [0.15, 0.2) is 78.9 Å². The van der Waals surface area contributed by atoms with Crippen LogP contribution in [0.2, 0.25) is 0 Å². The van der Waals surface area contributed by atoms with Crippen molar-refractivity contribution in [3.63, 3.8) is 0 Å². The van der Waals surface area contributed by atoms with Crippen LogP contribution in [0.3, 0.4) is 0 Å². The van der Waals surface area contributed by atoms with Crippen LogP contribution in [0.1, 0.15) is 64.8 Å².